The van der Waals surface area contributed by atoms with Crippen LogP contribution in [0, 0.1) is 18.3 Å². The molecule has 0 radical (unpaired) electrons. The van der Waals surface area contributed by atoms with Crippen LogP contribution in [0.5, 0.6) is 0 Å². The molecule has 2 rings (SSSR count). The summed E-state index contributed by atoms with van der Waals surface area (Å²) in [6.45, 7) is 5.42. The van der Waals surface area contributed by atoms with Crippen LogP contribution in [0.25, 0.3) is 0 Å². The minimum absolute atomic E-state index is 0.170. The summed E-state index contributed by atoms with van der Waals surface area (Å²) in [5.74, 6) is 0.0574. The SMILES string of the molecule is CCOC(=O)c1c(C)nc(N2CCCCC2)c(C#N)c1N. The molecule has 0 bridgehead atoms. The van der Waals surface area contributed by atoms with Gasteiger partial charge in [-0.25, -0.2) is 9.78 Å². The van der Waals surface area contributed by atoms with Gasteiger partial charge in [0.25, 0.3) is 0 Å². The van der Waals surface area contributed by atoms with Crippen molar-refractivity contribution in [1.82, 2.24) is 4.98 Å². The van der Waals surface area contributed by atoms with Crippen molar-refractivity contribution in [2.75, 3.05) is 30.3 Å². The summed E-state index contributed by atoms with van der Waals surface area (Å²) in [5.41, 5.74) is 7.19. The van der Waals surface area contributed by atoms with E-state index in [9.17, 15) is 10.1 Å². The Morgan fingerprint density at radius 2 is 2.10 bits per heavy atom. The van der Waals surface area contributed by atoms with E-state index in [1.54, 1.807) is 13.8 Å². The summed E-state index contributed by atoms with van der Waals surface area (Å²) < 4.78 is 4.99. The molecule has 1 aliphatic heterocycles. The molecule has 1 fully saturated rings. The molecule has 0 atom stereocenters. The van der Waals surface area contributed by atoms with Crippen LogP contribution in [0.2, 0.25) is 0 Å². The average molecular weight is 288 g/mol. The zero-order valence-electron chi connectivity index (χ0n) is 12.5. The monoisotopic (exact) mass is 288 g/mol. The molecule has 1 aromatic heterocycles. The number of hydrogen-bond acceptors (Lipinski definition) is 6. The molecule has 0 saturated carbocycles. The Kier molecular flexibility index (Phi) is 4.63. The first-order chi connectivity index (χ1) is 10.1. The van der Waals surface area contributed by atoms with E-state index in [4.69, 9.17) is 10.5 Å². The molecule has 2 N–H and O–H groups in total. The molecule has 0 unspecified atom stereocenters. The molecule has 6 heteroatoms. The fraction of sp³-hybridized carbons (Fsp3) is 0.533. The van der Waals surface area contributed by atoms with E-state index in [1.807, 2.05) is 0 Å². The third kappa shape index (κ3) is 2.92. The average Bonchev–Trinajstić information content (AvgIpc) is 2.48. The Hall–Kier alpha value is -2.29. The van der Waals surface area contributed by atoms with Crippen molar-refractivity contribution in [1.29, 1.82) is 5.26 Å². The van der Waals surface area contributed by atoms with Crippen LogP contribution in [0.3, 0.4) is 0 Å². The predicted octanol–water partition coefficient (Wildman–Crippen LogP) is 2.01. The van der Waals surface area contributed by atoms with Gasteiger partial charge in [0.2, 0.25) is 0 Å². The number of hydrogen-bond donors (Lipinski definition) is 1. The Morgan fingerprint density at radius 3 is 2.67 bits per heavy atom. The van der Waals surface area contributed by atoms with E-state index in [1.165, 1.54) is 6.42 Å². The van der Waals surface area contributed by atoms with Crippen molar-refractivity contribution in [3.8, 4) is 6.07 Å². The van der Waals surface area contributed by atoms with E-state index in [2.05, 4.69) is 16.0 Å². The van der Waals surface area contributed by atoms with Gasteiger partial charge in [-0.3, -0.25) is 0 Å². The predicted molar refractivity (Wildman–Crippen MR) is 80.1 cm³/mol. The van der Waals surface area contributed by atoms with E-state index < -0.39 is 5.97 Å². The quantitative estimate of drug-likeness (QED) is 0.855. The lowest BCUT2D eigenvalue weighted by Gasteiger charge is -2.29. The number of ether oxygens (including phenoxy) is 1. The maximum Gasteiger partial charge on any atom is 0.342 e. The van der Waals surface area contributed by atoms with Crippen LogP contribution in [0.1, 0.15) is 47.8 Å². The largest absolute Gasteiger partial charge is 0.462 e. The van der Waals surface area contributed by atoms with Crippen molar-refractivity contribution < 1.29 is 9.53 Å². The van der Waals surface area contributed by atoms with E-state index in [-0.39, 0.29) is 23.4 Å². The van der Waals surface area contributed by atoms with Gasteiger partial charge in [0.15, 0.2) is 0 Å². The van der Waals surface area contributed by atoms with Gasteiger partial charge in [-0.2, -0.15) is 5.26 Å². The van der Waals surface area contributed by atoms with Crippen LogP contribution < -0.4 is 10.6 Å². The molecule has 21 heavy (non-hydrogen) atoms. The minimum atomic E-state index is -0.526. The Morgan fingerprint density at radius 1 is 1.43 bits per heavy atom. The molecule has 112 valence electrons. The molecule has 0 aliphatic carbocycles. The number of rotatable bonds is 3. The number of nitrogens with zero attached hydrogens (tertiary/aromatic N) is 3. The van der Waals surface area contributed by atoms with Crippen molar-refractivity contribution in [3.05, 3.63) is 16.8 Å². The summed E-state index contributed by atoms with van der Waals surface area (Å²) in [7, 11) is 0. The van der Waals surface area contributed by atoms with Gasteiger partial charge in [0.1, 0.15) is 23.0 Å². The third-order valence-corrected chi connectivity index (χ3v) is 3.64. The molecule has 1 saturated heterocycles. The molecule has 1 aliphatic rings. The lowest BCUT2D eigenvalue weighted by molar-refractivity contribution is 0.0526. The number of aryl methyl sites for hydroxylation is 1. The highest BCUT2D eigenvalue weighted by Crippen LogP contribution is 2.30. The zero-order valence-corrected chi connectivity index (χ0v) is 12.5. The van der Waals surface area contributed by atoms with Gasteiger partial charge >= 0.3 is 5.97 Å². The summed E-state index contributed by atoms with van der Waals surface area (Å²) in [6.07, 6.45) is 3.34. The number of esters is 1. The Balaban J connectivity index is 2.49. The first-order valence-corrected chi connectivity index (χ1v) is 7.22. The molecular weight excluding hydrogens is 268 g/mol. The first-order valence-electron chi connectivity index (χ1n) is 7.22. The number of pyridine rings is 1. The van der Waals surface area contributed by atoms with Gasteiger partial charge in [-0.15, -0.1) is 0 Å². The number of piperidine rings is 1. The highest BCUT2D eigenvalue weighted by atomic mass is 16.5. The van der Waals surface area contributed by atoms with Gasteiger partial charge in [-0.05, 0) is 33.1 Å². The zero-order chi connectivity index (χ0) is 15.4. The van der Waals surface area contributed by atoms with E-state index in [0.717, 1.165) is 25.9 Å². The second-order valence-corrected chi connectivity index (χ2v) is 5.06. The van der Waals surface area contributed by atoms with Gasteiger partial charge in [0, 0.05) is 13.1 Å². The van der Waals surface area contributed by atoms with E-state index >= 15 is 0 Å². The third-order valence-electron chi connectivity index (χ3n) is 3.64. The number of carbonyl (C=O) groups is 1. The highest BCUT2D eigenvalue weighted by molar-refractivity contribution is 5.98. The normalized spacial score (nSPS) is 14.6. The highest BCUT2D eigenvalue weighted by Gasteiger charge is 2.25. The lowest BCUT2D eigenvalue weighted by Crippen LogP contribution is -2.31. The fourth-order valence-corrected chi connectivity index (χ4v) is 2.62. The summed E-state index contributed by atoms with van der Waals surface area (Å²) in [6, 6.07) is 2.09. The molecular formula is C15H20N4O2. The van der Waals surface area contributed by atoms with Crippen LogP contribution in [0.15, 0.2) is 0 Å². The molecule has 1 aromatic rings. The second-order valence-electron chi connectivity index (χ2n) is 5.06. The smallest absolute Gasteiger partial charge is 0.342 e. The number of nitrogen functional groups attached to an aromatic ring is 1. The molecule has 6 nitrogen and oxygen atoms in total. The number of nitriles is 1. The molecule has 2 heterocycles. The number of nitrogens with two attached hydrogens (primary N) is 1. The summed E-state index contributed by atoms with van der Waals surface area (Å²) in [4.78, 5) is 18.5. The van der Waals surface area contributed by atoms with Gasteiger partial charge in [0.05, 0.1) is 18.0 Å². The second kappa shape index (κ2) is 6.44. The van der Waals surface area contributed by atoms with Crippen molar-refractivity contribution in [2.24, 2.45) is 0 Å². The number of anilines is 2. The van der Waals surface area contributed by atoms with Crippen molar-refractivity contribution >= 4 is 17.5 Å². The standard InChI is InChI=1S/C15H20N4O2/c1-3-21-15(20)12-10(2)18-14(11(9-16)13(12)17)19-7-5-4-6-8-19/h3-8H2,1-2H3,(H2,17,18). The maximum absolute atomic E-state index is 12.0. The summed E-state index contributed by atoms with van der Waals surface area (Å²) in [5, 5.41) is 9.41. The van der Waals surface area contributed by atoms with Crippen molar-refractivity contribution in [2.45, 2.75) is 33.1 Å². The minimum Gasteiger partial charge on any atom is -0.462 e. The Labute approximate surface area is 124 Å². The van der Waals surface area contributed by atoms with E-state index in [0.29, 0.717) is 11.5 Å². The van der Waals surface area contributed by atoms with Crippen LogP contribution in [-0.4, -0.2) is 30.6 Å². The Bertz CT molecular complexity index is 586. The first kappa shape index (κ1) is 15.1. The number of carbonyl (C=O) groups excluding carboxylic acids is 1. The lowest BCUT2D eigenvalue weighted by atomic mass is 10.1. The number of aromatic nitrogens is 1. The van der Waals surface area contributed by atoms with Crippen LogP contribution >= 0.6 is 0 Å². The molecule has 0 amide bonds. The maximum atomic E-state index is 12.0. The fourth-order valence-electron chi connectivity index (χ4n) is 2.62. The molecule has 0 spiro atoms. The topological polar surface area (TPSA) is 92.2 Å². The van der Waals surface area contributed by atoms with Crippen molar-refractivity contribution in [3.63, 3.8) is 0 Å². The van der Waals surface area contributed by atoms with Gasteiger partial charge in [-0.1, -0.05) is 0 Å². The van der Waals surface area contributed by atoms with Crippen LogP contribution in [-0.2, 0) is 4.74 Å². The summed E-state index contributed by atoms with van der Waals surface area (Å²) >= 11 is 0. The van der Waals surface area contributed by atoms with Gasteiger partial charge < -0.3 is 15.4 Å². The van der Waals surface area contributed by atoms with Crippen LogP contribution in [0.4, 0.5) is 11.5 Å². The molecule has 0 aromatic carbocycles.